The van der Waals surface area contributed by atoms with Crippen LogP contribution in [-0.4, -0.2) is 142 Å². The molecule has 2 saturated heterocycles. The lowest BCUT2D eigenvalue weighted by atomic mass is 9.81. The number of nitrogens with one attached hydrogen (secondary N) is 1. The van der Waals surface area contributed by atoms with Gasteiger partial charge in [0.2, 0.25) is 12.1 Å². The highest BCUT2D eigenvalue weighted by atomic mass is 16.8. The number of hydrogen-bond acceptors (Lipinski definition) is 15. The molecule has 0 aromatic heterocycles. The number of aliphatic carboxylic acids is 1. The van der Waals surface area contributed by atoms with E-state index in [0.29, 0.717) is 13.1 Å². The molecule has 3 unspecified atom stereocenters. The number of piperidine rings is 1. The topological polar surface area (TPSA) is 260 Å². The molecule has 44 heavy (non-hydrogen) atoms. The van der Waals surface area contributed by atoms with E-state index >= 15 is 0 Å². The molecule has 3 aliphatic rings. The summed E-state index contributed by atoms with van der Waals surface area (Å²) in [5.74, 6) is -8.01. The van der Waals surface area contributed by atoms with Gasteiger partial charge in [0, 0.05) is 24.2 Å². The molecule has 2 fully saturated rings. The molecule has 3 rings (SSSR count). The van der Waals surface area contributed by atoms with Gasteiger partial charge < -0.3 is 74.6 Å². The number of aliphatic hydroxyl groups excluding tert-OH is 6. The number of carboxylic acids is 1. The van der Waals surface area contributed by atoms with Crippen LogP contribution in [0.15, 0.2) is 36.6 Å². The minimum Gasteiger partial charge on any atom is -0.550 e. The Labute approximate surface area is 253 Å². The lowest BCUT2D eigenvalue weighted by Gasteiger charge is -2.46. The number of aliphatic hydroxyl groups is 8. The number of esters is 1. The maximum atomic E-state index is 13.1. The maximum Gasteiger partial charge on any atom is 0.337 e. The van der Waals surface area contributed by atoms with Gasteiger partial charge in [0.1, 0.15) is 18.8 Å². The van der Waals surface area contributed by atoms with E-state index in [1.54, 1.807) is 12.2 Å². The second-order valence-corrected chi connectivity index (χ2v) is 11.2. The number of quaternary nitrogens is 1. The molecule has 0 saturated carbocycles. The first-order chi connectivity index (χ1) is 20.9. The number of ether oxygens (including phenoxy) is 4. The highest BCUT2D eigenvalue weighted by Gasteiger charge is 2.56. The van der Waals surface area contributed by atoms with Gasteiger partial charge in [0.15, 0.2) is 12.4 Å². The van der Waals surface area contributed by atoms with E-state index in [0.717, 1.165) is 11.2 Å². The highest BCUT2D eigenvalue weighted by Crippen LogP contribution is 2.37. The van der Waals surface area contributed by atoms with Crippen LogP contribution in [0, 0.1) is 23.7 Å². The van der Waals surface area contributed by atoms with Crippen molar-refractivity contribution in [1.29, 1.82) is 0 Å². The Bertz CT molecular complexity index is 1030. The fourth-order valence-electron chi connectivity index (χ4n) is 5.60. The molecule has 9 N–H and O–H groups in total. The lowest BCUT2D eigenvalue weighted by Crippen LogP contribution is -3.15. The van der Waals surface area contributed by atoms with Crippen LogP contribution in [0.2, 0.25) is 0 Å². The van der Waals surface area contributed by atoms with Crippen LogP contribution in [-0.2, 0) is 28.5 Å². The summed E-state index contributed by atoms with van der Waals surface area (Å²) in [6, 6.07) is 0. The van der Waals surface area contributed by atoms with Crippen molar-refractivity contribution < 1.29 is 79.4 Å². The number of carbonyl (C=O) groups excluding carboxylic acids is 2. The van der Waals surface area contributed by atoms with E-state index in [2.05, 4.69) is 6.58 Å². The molecule has 250 valence electrons. The number of carboxylic acid groups (broad SMARTS) is 1. The molecule has 0 amide bonds. The summed E-state index contributed by atoms with van der Waals surface area (Å²) in [6.45, 7) is 3.16. The fraction of sp³-hybridized carbons (Fsp3) is 0.714. The average Bonchev–Trinajstić information content (AvgIpc) is 3.00. The van der Waals surface area contributed by atoms with Gasteiger partial charge in [0.25, 0.3) is 0 Å². The van der Waals surface area contributed by atoms with Crippen molar-refractivity contribution in [2.45, 2.75) is 55.6 Å². The van der Waals surface area contributed by atoms with Crippen LogP contribution in [0.3, 0.4) is 0 Å². The van der Waals surface area contributed by atoms with Crippen LogP contribution in [0.5, 0.6) is 0 Å². The van der Waals surface area contributed by atoms with Crippen LogP contribution in [0.25, 0.3) is 0 Å². The molecule has 0 aliphatic carbocycles. The second-order valence-electron chi connectivity index (χ2n) is 11.2. The minimum atomic E-state index is -3.11. The molecule has 0 aromatic rings. The van der Waals surface area contributed by atoms with Crippen molar-refractivity contribution in [3.05, 3.63) is 36.6 Å². The van der Waals surface area contributed by atoms with Crippen LogP contribution in [0.1, 0.15) is 12.8 Å². The van der Waals surface area contributed by atoms with Gasteiger partial charge in [-0.05, 0) is 6.42 Å². The number of rotatable bonds is 14. The Morgan fingerprint density at radius 2 is 1.89 bits per heavy atom. The molecule has 16 heteroatoms. The predicted molar refractivity (Wildman–Crippen MR) is 143 cm³/mol. The van der Waals surface area contributed by atoms with E-state index in [1.807, 2.05) is 0 Å². The molecular weight excluding hydrogens is 590 g/mol. The lowest BCUT2D eigenvalue weighted by molar-refractivity contribution is -0.911. The summed E-state index contributed by atoms with van der Waals surface area (Å²) in [4.78, 5) is 25.6. The molecule has 11 atom stereocenters. The quantitative estimate of drug-likeness (QED) is 0.0490. The Hall–Kier alpha value is -2.48. The standard InChI is InChI=1S/C28H43NO15/c1-2-18-19(4-3-15-9-16(24(36)37)11-29(10-15)6-7-30)20(25(38)41-8-5-17(33)12-31)14-42-26(18)44-27-23(35)28(39,40)22(34)21(13-32)43-27/h2-4,14-19,21-23,26-27,30-35,39-40H,1,5-13H2,(H,36,37)/t15?,16?,17-,18-,19-,21+,22+,23-,26-,27+/m0/s1. The molecule has 16 nitrogen and oxygen atoms in total. The Morgan fingerprint density at radius 3 is 2.50 bits per heavy atom. The Kier molecular flexibility index (Phi) is 13.2. The first-order valence-electron chi connectivity index (χ1n) is 14.4. The summed E-state index contributed by atoms with van der Waals surface area (Å²) in [5, 5.41) is 90.1. The van der Waals surface area contributed by atoms with Gasteiger partial charge in [-0.15, -0.1) is 6.58 Å². The number of hydrogen-bond donors (Lipinski definition) is 9. The van der Waals surface area contributed by atoms with E-state index in [1.165, 1.54) is 6.08 Å². The van der Waals surface area contributed by atoms with Crippen LogP contribution >= 0.6 is 0 Å². The average molecular weight is 634 g/mol. The highest BCUT2D eigenvalue weighted by molar-refractivity contribution is 5.89. The van der Waals surface area contributed by atoms with E-state index in [9.17, 15) is 50.4 Å². The summed E-state index contributed by atoms with van der Waals surface area (Å²) in [6.07, 6.45) is -4.12. The zero-order chi connectivity index (χ0) is 32.6. The first-order valence-corrected chi connectivity index (χ1v) is 14.4. The van der Waals surface area contributed by atoms with Gasteiger partial charge in [-0.2, -0.15) is 0 Å². The number of likely N-dealkylation sites (tertiary alicyclic amines) is 1. The van der Waals surface area contributed by atoms with Gasteiger partial charge >= 0.3 is 5.97 Å². The predicted octanol–water partition coefficient (Wildman–Crippen LogP) is -6.11. The molecular formula is C28H43NO15. The second kappa shape index (κ2) is 16.2. The molecule has 3 aliphatic heterocycles. The summed E-state index contributed by atoms with van der Waals surface area (Å²) >= 11 is 0. The fourth-order valence-corrected chi connectivity index (χ4v) is 5.60. The van der Waals surface area contributed by atoms with Gasteiger partial charge in [-0.3, -0.25) is 0 Å². The monoisotopic (exact) mass is 633 g/mol. The Morgan fingerprint density at radius 1 is 1.16 bits per heavy atom. The van der Waals surface area contributed by atoms with Crippen molar-refractivity contribution in [3.63, 3.8) is 0 Å². The summed E-state index contributed by atoms with van der Waals surface area (Å²) in [5.41, 5.74) is -0.0104. The summed E-state index contributed by atoms with van der Waals surface area (Å²) < 4.78 is 22.0. The smallest absolute Gasteiger partial charge is 0.337 e. The largest absolute Gasteiger partial charge is 0.550 e. The zero-order valence-electron chi connectivity index (χ0n) is 24.1. The van der Waals surface area contributed by atoms with Crippen molar-refractivity contribution in [2.75, 3.05) is 46.1 Å². The first kappa shape index (κ1) is 36.0. The third-order valence-corrected chi connectivity index (χ3v) is 8.12. The van der Waals surface area contributed by atoms with E-state index in [-0.39, 0.29) is 44.1 Å². The van der Waals surface area contributed by atoms with Crippen molar-refractivity contribution in [1.82, 2.24) is 0 Å². The molecule has 0 aromatic carbocycles. The van der Waals surface area contributed by atoms with E-state index in [4.69, 9.17) is 24.1 Å². The SMILES string of the molecule is C=C[C@@H]1[C@H](O[C@H]2O[C@H](CO)[C@@H](O)C(O)(O)[C@H]2O)OC=C(C(=O)OCC[C@H](O)CO)[C@H]1C=CC1CC(C(=O)[O-])C[NH+](CCO)C1. The minimum absolute atomic E-state index is 0.0104. The summed E-state index contributed by atoms with van der Waals surface area (Å²) in [7, 11) is 0. The molecule has 0 radical (unpaired) electrons. The molecule has 0 spiro atoms. The third kappa shape index (κ3) is 8.61. The van der Waals surface area contributed by atoms with Crippen LogP contribution < -0.4 is 10.0 Å². The van der Waals surface area contributed by atoms with Crippen molar-refractivity contribution in [3.8, 4) is 0 Å². The Balaban J connectivity index is 1.88. The molecule has 3 heterocycles. The van der Waals surface area contributed by atoms with Crippen molar-refractivity contribution in [2.24, 2.45) is 23.7 Å². The molecule has 0 bridgehead atoms. The van der Waals surface area contributed by atoms with Gasteiger partial charge in [0.05, 0.1) is 69.3 Å². The van der Waals surface area contributed by atoms with Crippen molar-refractivity contribution >= 4 is 11.9 Å². The van der Waals surface area contributed by atoms with Crippen LogP contribution in [0.4, 0.5) is 0 Å². The third-order valence-electron chi connectivity index (χ3n) is 8.12. The van der Waals surface area contributed by atoms with E-state index < -0.39 is 85.7 Å². The normalized spacial score (nSPS) is 36.2. The zero-order valence-corrected chi connectivity index (χ0v) is 24.1. The van der Waals surface area contributed by atoms with Gasteiger partial charge in [-0.1, -0.05) is 18.2 Å². The maximum absolute atomic E-state index is 13.1. The van der Waals surface area contributed by atoms with Gasteiger partial charge in [-0.25, -0.2) is 4.79 Å². The number of carbonyl (C=O) groups is 2. The number of allylic oxidation sites excluding steroid dienone is 1.